The number of amides is 1. The van der Waals surface area contributed by atoms with E-state index < -0.39 is 11.6 Å². The Morgan fingerprint density at radius 1 is 1.00 bits per heavy atom. The molecule has 1 amide bonds. The van der Waals surface area contributed by atoms with Gasteiger partial charge in [0.05, 0.1) is 11.0 Å². The number of primary amides is 1. The van der Waals surface area contributed by atoms with Gasteiger partial charge < -0.3 is 5.73 Å². The molecule has 1 aromatic heterocycles. The van der Waals surface area contributed by atoms with Crippen LogP contribution in [0.25, 0.3) is 22.3 Å². The van der Waals surface area contributed by atoms with E-state index in [0.717, 1.165) is 4.57 Å². The van der Waals surface area contributed by atoms with Crippen LogP contribution in [0.1, 0.15) is 0 Å². The number of carbonyl (C=O) groups is 1. The van der Waals surface area contributed by atoms with E-state index in [-0.39, 0.29) is 5.69 Å². The molecule has 2 aromatic carbocycles. The number of nitrogens with zero attached hydrogens (tertiary/aromatic N) is 2. The van der Waals surface area contributed by atoms with Gasteiger partial charge >= 0.3 is 6.03 Å². The predicted octanol–water partition coefficient (Wildman–Crippen LogP) is 1.99. The highest BCUT2D eigenvalue weighted by Crippen LogP contribution is 2.16. The number of aromatic nitrogens is 2. The fourth-order valence-electron chi connectivity index (χ4n) is 2.13. The van der Waals surface area contributed by atoms with Crippen molar-refractivity contribution in [3.8, 4) is 11.3 Å². The number of hydrogen-bond acceptors (Lipinski definition) is 3. The average molecular weight is 265 g/mol. The molecule has 2 N–H and O–H groups in total. The van der Waals surface area contributed by atoms with Crippen molar-refractivity contribution in [2.45, 2.75) is 0 Å². The van der Waals surface area contributed by atoms with E-state index >= 15 is 0 Å². The molecule has 5 heteroatoms. The standard InChI is InChI=1S/C15H11N3O2/c16-15(20)18-12-9-5-4-8-11(12)17-13(14(18)19)10-6-2-1-3-7-10/h1-9H,(H2,16,20). The lowest BCUT2D eigenvalue weighted by molar-refractivity contribution is 0.250. The molecule has 0 radical (unpaired) electrons. The second-order valence-electron chi connectivity index (χ2n) is 4.29. The van der Waals surface area contributed by atoms with Gasteiger partial charge in [-0.2, -0.15) is 0 Å². The molecule has 0 aliphatic rings. The van der Waals surface area contributed by atoms with Crippen molar-refractivity contribution in [2.24, 2.45) is 5.73 Å². The maximum absolute atomic E-state index is 12.4. The second-order valence-corrected chi connectivity index (χ2v) is 4.29. The van der Waals surface area contributed by atoms with Crippen molar-refractivity contribution < 1.29 is 4.79 Å². The zero-order valence-electron chi connectivity index (χ0n) is 10.5. The molecule has 0 saturated carbocycles. The van der Waals surface area contributed by atoms with E-state index in [1.54, 1.807) is 48.5 Å². The first-order valence-corrected chi connectivity index (χ1v) is 6.05. The molecule has 0 atom stereocenters. The molecule has 0 saturated heterocycles. The minimum absolute atomic E-state index is 0.211. The van der Waals surface area contributed by atoms with Crippen molar-refractivity contribution >= 4 is 17.1 Å². The molecule has 1 heterocycles. The summed E-state index contributed by atoms with van der Waals surface area (Å²) in [5, 5.41) is 0. The molecule has 0 aliphatic carbocycles. The van der Waals surface area contributed by atoms with Crippen LogP contribution >= 0.6 is 0 Å². The third-order valence-corrected chi connectivity index (χ3v) is 3.03. The average Bonchev–Trinajstić information content (AvgIpc) is 2.47. The van der Waals surface area contributed by atoms with Gasteiger partial charge in [0.25, 0.3) is 5.56 Å². The van der Waals surface area contributed by atoms with Gasteiger partial charge in [0.15, 0.2) is 0 Å². The van der Waals surface area contributed by atoms with Gasteiger partial charge in [0.1, 0.15) is 5.69 Å². The number of nitrogens with two attached hydrogens (primary N) is 1. The van der Waals surface area contributed by atoms with Gasteiger partial charge in [-0.3, -0.25) is 4.79 Å². The van der Waals surface area contributed by atoms with Gasteiger partial charge in [-0.15, -0.1) is 0 Å². The Balaban J connectivity index is 2.44. The maximum atomic E-state index is 12.4. The van der Waals surface area contributed by atoms with Crippen molar-refractivity contribution in [3.05, 3.63) is 65.0 Å². The number of hydrogen-bond donors (Lipinski definition) is 1. The second kappa shape index (κ2) is 4.62. The highest BCUT2D eigenvalue weighted by molar-refractivity contribution is 5.89. The number of rotatable bonds is 1. The summed E-state index contributed by atoms with van der Waals surface area (Å²) in [5.41, 5.74) is 6.63. The molecule has 0 fully saturated rings. The normalized spacial score (nSPS) is 10.6. The summed E-state index contributed by atoms with van der Waals surface area (Å²) < 4.78 is 0.949. The smallest absolute Gasteiger partial charge is 0.326 e. The first-order chi connectivity index (χ1) is 9.68. The highest BCUT2D eigenvalue weighted by atomic mass is 16.2. The lowest BCUT2D eigenvalue weighted by atomic mass is 10.1. The molecular formula is C15H11N3O2. The minimum Gasteiger partial charge on any atom is -0.351 e. The van der Waals surface area contributed by atoms with Crippen LogP contribution in [0.15, 0.2) is 59.4 Å². The van der Waals surface area contributed by atoms with Crippen LogP contribution in [0, 0.1) is 0 Å². The monoisotopic (exact) mass is 265 g/mol. The minimum atomic E-state index is -0.814. The maximum Gasteiger partial charge on any atom is 0.326 e. The summed E-state index contributed by atoms with van der Waals surface area (Å²) in [5.74, 6) is 0. The first kappa shape index (κ1) is 12.1. The lowest BCUT2D eigenvalue weighted by Gasteiger charge is -2.08. The first-order valence-electron chi connectivity index (χ1n) is 6.05. The fraction of sp³-hybridized carbons (Fsp3) is 0. The Morgan fingerprint density at radius 3 is 2.35 bits per heavy atom. The van der Waals surface area contributed by atoms with Crippen molar-refractivity contribution in [1.29, 1.82) is 0 Å². The summed E-state index contributed by atoms with van der Waals surface area (Å²) in [6, 6.07) is 15.1. The van der Waals surface area contributed by atoms with Crippen molar-refractivity contribution in [3.63, 3.8) is 0 Å². The summed E-state index contributed by atoms with van der Waals surface area (Å²) in [7, 11) is 0. The molecule has 0 spiro atoms. The predicted molar refractivity (Wildman–Crippen MR) is 76.4 cm³/mol. The zero-order valence-corrected chi connectivity index (χ0v) is 10.5. The number of benzene rings is 2. The molecule has 0 unspecified atom stereocenters. The Morgan fingerprint density at radius 2 is 1.65 bits per heavy atom. The molecule has 20 heavy (non-hydrogen) atoms. The summed E-state index contributed by atoms with van der Waals surface area (Å²) in [6.07, 6.45) is 0. The molecule has 3 aromatic rings. The number of para-hydroxylation sites is 2. The fourth-order valence-corrected chi connectivity index (χ4v) is 2.13. The van der Waals surface area contributed by atoms with Crippen LogP contribution < -0.4 is 11.3 Å². The lowest BCUT2D eigenvalue weighted by Crippen LogP contribution is -2.33. The highest BCUT2D eigenvalue weighted by Gasteiger charge is 2.15. The summed E-state index contributed by atoms with van der Waals surface area (Å²) >= 11 is 0. The van der Waals surface area contributed by atoms with E-state index in [9.17, 15) is 9.59 Å². The molecule has 3 rings (SSSR count). The third-order valence-electron chi connectivity index (χ3n) is 3.03. The van der Waals surface area contributed by atoms with E-state index in [1.807, 2.05) is 6.07 Å². The van der Waals surface area contributed by atoms with Gasteiger partial charge in [-0.05, 0) is 12.1 Å². The van der Waals surface area contributed by atoms with Crippen LogP contribution in [0.4, 0.5) is 4.79 Å². The van der Waals surface area contributed by atoms with E-state index in [4.69, 9.17) is 5.73 Å². The Bertz CT molecular complexity index is 854. The summed E-state index contributed by atoms with van der Waals surface area (Å²) in [4.78, 5) is 28.3. The molecule has 0 bridgehead atoms. The van der Waals surface area contributed by atoms with Crippen LogP contribution in [-0.4, -0.2) is 15.6 Å². The van der Waals surface area contributed by atoms with Gasteiger partial charge in [-0.1, -0.05) is 42.5 Å². The number of fused-ring (bicyclic) bond motifs is 1. The zero-order chi connectivity index (χ0) is 14.1. The van der Waals surface area contributed by atoms with E-state index in [0.29, 0.717) is 16.6 Å². The third kappa shape index (κ3) is 1.85. The largest absolute Gasteiger partial charge is 0.351 e. The summed E-state index contributed by atoms with van der Waals surface area (Å²) in [6.45, 7) is 0. The van der Waals surface area contributed by atoms with Gasteiger partial charge in [0, 0.05) is 5.56 Å². The Kier molecular flexibility index (Phi) is 2.80. The molecule has 0 aliphatic heterocycles. The SMILES string of the molecule is NC(=O)n1c(=O)c(-c2ccccc2)nc2ccccc21. The topological polar surface area (TPSA) is 78.0 Å². The molecular weight excluding hydrogens is 254 g/mol. The number of carbonyl (C=O) groups excluding carboxylic acids is 1. The van der Waals surface area contributed by atoms with Crippen LogP contribution in [0.2, 0.25) is 0 Å². The Hall–Kier alpha value is -2.95. The quantitative estimate of drug-likeness (QED) is 0.730. The van der Waals surface area contributed by atoms with Crippen LogP contribution in [0.3, 0.4) is 0 Å². The molecule has 5 nitrogen and oxygen atoms in total. The molecule has 98 valence electrons. The van der Waals surface area contributed by atoms with Gasteiger partial charge in [-0.25, -0.2) is 14.3 Å². The van der Waals surface area contributed by atoms with E-state index in [2.05, 4.69) is 4.98 Å². The van der Waals surface area contributed by atoms with Crippen molar-refractivity contribution in [2.75, 3.05) is 0 Å². The van der Waals surface area contributed by atoms with Crippen LogP contribution in [0.5, 0.6) is 0 Å². The van der Waals surface area contributed by atoms with Crippen LogP contribution in [-0.2, 0) is 0 Å². The van der Waals surface area contributed by atoms with E-state index in [1.165, 1.54) is 0 Å². The Labute approximate surface area is 114 Å². The van der Waals surface area contributed by atoms with Gasteiger partial charge in [0.2, 0.25) is 0 Å². The van der Waals surface area contributed by atoms with Crippen molar-refractivity contribution in [1.82, 2.24) is 9.55 Å².